The Labute approximate surface area is 529 Å². The van der Waals surface area contributed by atoms with Crippen molar-refractivity contribution in [3.8, 4) is 11.4 Å². The van der Waals surface area contributed by atoms with E-state index in [1.807, 2.05) is 146 Å². The fraction of sp³-hybridized carbons (Fsp3) is 0.200. The predicted octanol–water partition coefficient (Wildman–Crippen LogP) is 16.4. The third kappa shape index (κ3) is 16.3. The lowest BCUT2D eigenvalue weighted by Gasteiger charge is -2.08. The first kappa shape index (κ1) is 64.6. The summed E-state index contributed by atoms with van der Waals surface area (Å²) in [6.45, 7) is 14.5. The van der Waals surface area contributed by atoms with Gasteiger partial charge in [-0.25, -0.2) is 14.4 Å². The lowest BCUT2D eigenvalue weighted by atomic mass is 9.98. The average molecular weight is 1220 g/mol. The van der Waals surface area contributed by atoms with E-state index < -0.39 is 10.9 Å². The van der Waals surface area contributed by atoms with E-state index in [2.05, 4.69) is 105 Å². The Morgan fingerprint density at radius 3 is 1.14 bits per heavy atom. The molecule has 0 aliphatic carbocycles. The van der Waals surface area contributed by atoms with Crippen LogP contribution in [0, 0.1) is 30.9 Å². The van der Waals surface area contributed by atoms with Gasteiger partial charge in [-0.15, -0.1) is 0 Å². The zero-order chi connectivity index (χ0) is 64.2. The Bertz CT molecular complexity index is 4440. The van der Waals surface area contributed by atoms with Gasteiger partial charge in [-0.2, -0.15) is 0 Å². The number of aryl methyl sites for hydroxylation is 3. The zero-order valence-corrected chi connectivity index (χ0v) is 52.2. The zero-order valence-electron chi connectivity index (χ0n) is 52.2. The molecule has 8 aromatic carbocycles. The van der Waals surface area contributed by atoms with Gasteiger partial charge in [-0.3, -0.25) is 10.1 Å². The van der Waals surface area contributed by atoms with Crippen molar-refractivity contribution in [2.75, 3.05) is 6.61 Å². The third-order valence-electron chi connectivity index (χ3n) is 15.4. The van der Waals surface area contributed by atoms with Crippen molar-refractivity contribution in [3.05, 3.63) is 279 Å². The molecular weight excluding hydrogens is 1140 g/mol. The van der Waals surface area contributed by atoms with Crippen LogP contribution in [0.2, 0.25) is 0 Å². The van der Waals surface area contributed by atoms with Crippen LogP contribution >= 0.6 is 0 Å². The van der Waals surface area contributed by atoms with Crippen LogP contribution in [0.5, 0.6) is 0 Å². The van der Waals surface area contributed by atoms with Crippen molar-refractivity contribution in [1.29, 1.82) is 0 Å². The Morgan fingerprint density at radius 1 is 0.418 bits per heavy atom. The van der Waals surface area contributed by atoms with Crippen molar-refractivity contribution in [2.45, 2.75) is 93.7 Å². The number of non-ortho nitro benzene ring substituents is 1. The Balaban J connectivity index is 0.000000162. The smallest absolute Gasteiger partial charge is 0.334 e. The maximum atomic E-state index is 11.9. The molecule has 0 saturated carbocycles. The van der Waals surface area contributed by atoms with E-state index in [9.17, 15) is 24.5 Å². The van der Waals surface area contributed by atoms with Crippen LogP contribution in [-0.2, 0) is 59.6 Å². The van der Waals surface area contributed by atoms with Crippen LogP contribution in [0.1, 0.15) is 97.0 Å². The molecule has 0 aliphatic rings. The summed E-state index contributed by atoms with van der Waals surface area (Å²) in [5.41, 5.74) is 16.6. The van der Waals surface area contributed by atoms with Gasteiger partial charge in [0.15, 0.2) is 0 Å². The molecule has 0 bridgehead atoms. The normalized spacial score (nSPS) is 11.6. The molecule has 3 aromatic heterocycles. The summed E-state index contributed by atoms with van der Waals surface area (Å²) in [6.07, 6.45) is 8.47. The van der Waals surface area contributed by atoms with Crippen LogP contribution in [0.25, 0.3) is 44.1 Å². The summed E-state index contributed by atoms with van der Waals surface area (Å²) in [7, 11) is 0. The first-order valence-electron chi connectivity index (χ1n) is 30.4. The molecule has 11 aromatic rings. The molecule has 462 valence electrons. The number of para-hydroxylation sites is 4. The summed E-state index contributed by atoms with van der Waals surface area (Å²) in [5, 5.41) is 26.9. The van der Waals surface area contributed by atoms with E-state index in [0.717, 1.165) is 94.5 Å². The molecule has 16 heteroatoms. The van der Waals surface area contributed by atoms with E-state index in [1.165, 1.54) is 23.3 Å². The van der Waals surface area contributed by atoms with Crippen LogP contribution < -0.4 is 0 Å². The molecular formula is C75H73N7O9. The fourth-order valence-corrected chi connectivity index (χ4v) is 10.4. The van der Waals surface area contributed by atoms with Gasteiger partial charge in [0.1, 0.15) is 6.73 Å². The molecule has 0 saturated heterocycles. The molecule has 16 nitrogen and oxygen atoms in total. The van der Waals surface area contributed by atoms with Crippen molar-refractivity contribution in [2.24, 2.45) is 15.5 Å². The molecule has 91 heavy (non-hydrogen) atoms. The minimum atomic E-state index is -0.419. The Hall–Kier alpha value is -10.8. The van der Waals surface area contributed by atoms with Crippen molar-refractivity contribution in [3.63, 3.8) is 0 Å². The van der Waals surface area contributed by atoms with E-state index in [1.54, 1.807) is 32.9 Å². The maximum absolute atomic E-state index is 11.9. The number of nitrogens with zero attached hydrogens (tertiary/aromatic N) is 7. The largest absolute Gasteiger partial charge is 0.361 e. The molecule has 0 atom stereocenters. The number of benzene rings is 8. The molecule has 0 radical (unpaired) electrons. The number of hydrogen-bond donors (Lipinski definition) is 0. The number of carbonyl (C=O) groups is 3. The lowest BCUT2D eigenvalue weighted by Crippen LogP contribution is -2.09. The van der Waals surface area contributed by atoms with Gasteiger partial charge in [0.05, 0.1) is 38.6 Å². The van der Waals surface area contributed by atoms with Gasteiger partial charge in [0, 0.05) is 120 Å². The highest BCUT2D eigenvalue weighted by Crippen LogP contribution is 2.31. The fourth-order valence-electron chi connectivity index (χ4n) is 10.4. The Kier molecular flexibility index (Phi) is 22.3. The van der Waals surface area contributed by atoms with E-state index in [4.69, 9.17) is 19.2 Å². The van der Waals surface area contributed by atoms with Gasteiger partial charge >= 0.3 is 17.9 Å². The van der Waals surface area contributed by atoms with Crippen LogP contribution in [0.3, 0.4) is 0 Å². The van der Waals surface area contributed by atoms with Gasteiger partial charge in [0.2, 0.25) is 0 Å². The van der Waals surface area contributed by atoms with E-state index in [-0.39, 0.29) is 36.9 Å². The number of hydrogen-bond acceptors (Lipinski definition) is 12. The standard InChI is InChI=1S/C26H23N3O4.C26H24N2O2.C23H26N2O3/c1-3-26(30)33-27-24(16-19-9-5-4-8-18(19)2)23-17-28(25-11-7-6-10-22(23)25)20-12-14-21(15-13-20)29(31)32;1-3-26(29)30-27-24(17-20-12-8-7-11-19(20)2)23-18-28(21-13-5-4-6-14-21)25-16-10-9-15-22(23)25;1-4-23(26)28-24-21(14-18-11-7-6-10-17(18)3)20-15-25(16-27-5-2)22-13-9-8-12-19(20)22/h4-15,17H,3,16H2,1-2H3;4-16,18H,3,17H2,1-2H3;6-13,15H,4-5,14,16H2,1-3H3/b2*27-24+;24-21+. The first-order chi connectivity index (χ1) is 44.3. The predicted molar refractivity (Wildman–Crippen MR) is 360 cm³/mol. The number of nitro benzene ring substituents is 1. The summed E-state index contributed by atoms with van der Waals surface area (Å²) in [6, 6.07) is 65.2. The number of oxime groups is 3. The summed E-state index contributed by atoms with van der Waals surface area (Å²) >= 11 is 0. The number of nitro groups is 1. The second-order valence-electron chi connectivity index (χ2n) is 21.5. The summed E-state index contributed by atoms with van der Waals surface area (Å²) in [5.74, 6) is -1.10. The third-order valence-corrected chi connectivity index (χ3v) is 15.4. The van der Waals surface area contributed by atoms with Gasteiger partial charge in [0.25, 0.3) is 5.69 Å². The van der Waals surface area contributed by atoms with Crippen LogP contribution in [-0.4, -0.2) is 60.3 Å². The highest BCUT2D eigenvalue weighted by molar-refractivity contribution is 6.14. The minimum Gasteiger partial charge on any atom is -0.361 e. The number of carbonyl (C=O) groups excluding carboxylic acids is 3. The molecule has 0 spiro atoms. The topological polar surface area (TPSA) is 183 Å². The molecule has 11 rings (SSSR count). The van der Waals surface area contributed by atoms with Gasteiger partial charge in [-0.05, 0) is 104 Å². The van der Waals surface area contributed by atoms with Crippen LogP contribution in [0.15, 0.2) is 234 Å². The molecule has 0 aliphatic heterocycles. The molecule has 0 fully saturated rings. The number of aromatic nitrogens is 3. The summed E-state index contributed by atoms with van der Waals surface area (Å²) < 4.78 is 11.8. The Morgan fingerprint density at radius 2 is 0.758 bits per heavy atom. The molecule has 3 heterocycles. The van der Waals surface area contributed by atoms with Gasteiger partial charge < -0.3 is 33.0 Å². The van der Waals surface area contributed by atoms with Crippen molar-refractivity contribution < 1.29 is 38.6 Å². The number of rotatable bonds is 21. The van der Waals surface area contributed by atoms with E-state index in [0.29, 0.717) is 38.3 Å². The highest BCUT2D eigenvalue weighted by atomic mass is 16.7. The molecule has 0 N–H and O–H groups in total. The number of ether oxygens (including phenoxy) is 1. The van der Waals surface area contributed by atoms with Crippen molar-refractivity contribution in [1.82, 2.24) is 13.7 Å². The highest BCUT2D eigenvalue weighted by Gasteiger charge is 2.21. The summed E-state index contributed by atoms with van der Waals surface area (Å²) in [4.78, 5) is 61.6. The lowest BCUT2D eigenvalue weighted by molar-refractivity contribution is -0.384. The number of fused-ring (bicyclic) bond motifs is 3. The minimum absolute atomic E-state index is 0.0312. The second-order valence-corrected chi connectivity index (χ2v) is 21.5. The quantitative estimate of drug-likeness (QED) is 0.0292. The molecule has 0 amide bonds. The van der Waals surface area contributed by atoms with E-state index >= 15 is 0 Å². The maximum Gasteiger partial charge on any atom is 0.334 e. The van der Waals surface area contributed by atoms with Crippen molar-refractivity contribution >= 4 is 73.4 Å². The first-order valence-corrected chi connectivity index (χ1v) is 30.4. The van der Waals surface area contributed by atoms with Crippen LogP contribution in [0.4, 0.5) is 5.69 Å². The SMILES string of the molecule is CCC(=O)O/N=C(\Cc1ccccc1C)c1cn(-c2ccc([N+](=O)[O-])cc2)c2ccccc12.CCC(=O)O/N=C(\Cc1ccccc1C)c1cn(-c2ccccc2)c2ccccc12.CCOCn1cc(/C(Cc2ccccc2C)=N/OC(=O)CC)c2ccccc21. The second kappa shape index (κ2) is 31.4. The molecule has 0 unspecified atom stereocenters. The van der Waals surface area contributed by atoms with Gasteiger partial charge in [-0.1, -0.05) is 182 Å². The average Bonchev–Trinajstić information content (AvgIpc) is 1.66. The monoisotopic (exact) mass is 1220 g/mol.